The van der Waals surface area contributed by atoms with Crippen molar-refractivity contribution in [2.75, 3.05) is 20.2 Å². The second-order valence-electron chi connectivity index (χ2n) is 5.34. The number of nitrogens with zero attached hydrogens (tertiary/aromatic N) is 1. The lowest BCUT2D eigenvalue weighted by Crippen LogP contribution is -2.43. The maximum Gasteiger partial charge on any atom is 0.308 e. The van der Waals surface area contributed by atoms with Crippen molar-refractivity contribution in [3.05, 3.63) is 29.3 Å². The van der Waals surface area contributed by atoms with Crippen LogP contribution in [0.4, 0.5) is 0 Å². The Hall–Kier alpha value is -1.20. The zero-order valence-electron chi connectivity index (χ0n) is 12.8. The number of benzene rings is 1. The van der Waals surface area contributed by atoms with E-state index in [1.54, 1.807) is 0 Å². The molecular formula is C16H20ClNO3S. The van der Waals surface area contributed by atoms with Gasteiger partial charge in [0.25, 0.3) is 0 Å². The van der Waals surface area contributed by atoms with E-state index in [-0.39, 0.29) is 23.0 Å². The first-order valence-electron chi connectivity index (χ1n) is 7.30. The van der Waals surface area contributed by atoms with Crippen LogP contribution >= 0.6 is 23.4 Å². The third-order valence-electron chi connectivity index (χ3n) is 3.82. The fourth-order valence-electron chi connectivity index (χ4n) is 2.53. The summed E-state index contributed by atoms with van der Waals surface area (Å²) in [5.74, 6) is -0.132. The van der Waals surface area contributed by atoms with E-state index in [9.17, 15) is 9.59 Å². The number of carbonyl (C=O) groups is 2. The predicted octanol–water partition coefficient (Wildman–Crippen LogP) is 3.23. The van der Waals surface area contributed by atoms with Gasteiger partial charge in [0.15, 0.2) is 0 Å². The predicted molar refractivity (Wildman–Crippen MR) is 88.1 cm³/mol. The molecule has 0 aliphatic carbocycles. The Balaban J connectivity index is 1.86. The number of ether oxygens (including phenoxy) is 1. The summed E-state index contributed by atoms with van der Waals surface area (Å²) in [4.78, 5) is 26.8. The zero-order valence-corrected chi connectivity index (χ0v) is 14.3. The van der Waals surface area contributed by atoms with Gasteiger partial charge in [-0.15, -0.1) is 11.8 Å². The van der Waals surface area contributed by atoms with Gasteiger partial charge in [0.05, 0.1) is 18.3 Å². The van der Waals surface area contributed by atoms with Gasteiger partial charge in [0.2, 0.25) is 5.91 Å². The molecule has 0 aromatic heterocycles. The highest BCUT2D eigenvalue weighted by Gasteiger charge is 2.29. The molecule has 0 radical (unpaired) electrons. The molecule has 4 nitrogen and oxygen atoms in total. The van der Waals surface area contributed by atoms with Crippen molar-refractivity contribution >= 4 is 35.2 Å². The van der Waals surface area contributed by atoms with Crippen molar-refractivity contribution in [2.24, 2.45) is 5.92 Å². The van der Waals surface area contributed by atoms with Crippen LogP contribution in [0.2, 0.25) is 5.02 Å². The smallest absolute Gasteiger partial charge is 0.308 e. The molecule has 22 heavy (non-hydrogen) atoms. The Morgan fingerprint density at radius 3 is 2.41 bits per heavy atom. The lowest BCUT2D eigenvalue weighted by Gasteiger charge is -2.32. The average Bonchev–Trinajstić information content (AvgIpc) is 2.55. The van der Waals surface area contributed by atoms with Gasteiger partial charge in [0.1, 0.15) is 0 Å². The monoisotopic (exact) mass is 341 g/mol. The Morgan fingerprint density at radius 1 is 1.27 bits per heavy atom. The van der Waals surface area contributed by atoms with Gasteiger partial charge in [-0.05, 0) is 44.0 Å². The van der Waals surface area contributed by atoms with E-state index in [2.05, 4.69) is 0 Å². The fraction of sp³-hybridized carbons (Fsp3) is 0.500. The topological polar surface area (TPSA) is 46.6 Å². The Morgan fingerprint density at radius 2 is 1.86 bits per heavy atom. The average molecular weight is 342 g/mol. The first kappa shape index (κ1) is 17.2. The normalized spacial score (nSPS) is 17.1. The van der Waals surface area contributed by atoms with E-state index < -0.39 is 0 Å². The number of piperidine rings is 1. The molecule has 0 spiro atoms. The van der Waals surface area contributed by atoms with Crippen molar-refractivity contribution < 1.29 is 14.3 Å². The molecule has 1 aliphatic rings. The number of likely N-dealkylation sites (tertiary alicyclic amines) is 1. The molecule has 6 heteroatoms. The molecular weight excluding hydrogens is 322 g/mol. The highest BCUT2D eigenvalue weighted by atomic mass is 35.5. The van der Waals surface area contributed by atoms with Gasteiger partial charge < -0.3 is 9.64 Å². The molecule has 0 N–H and O–H groups in total. The van der Waals surface area contributed by atoms with Crippen LogP contribution in [0.25, 0.3) is 0 Å². The van der Waals surface area contributed by atoms with Gasteiger partial charge >= 0.3 is 5.97 Å². The van der Waals surface area contributed by atoms with Crippen LogP contribution in [0.3, 0.4) is 0 Å². The number of rotatable bonds is 4. The van der Waals surface area contributed by atoms with Gasteiger partial charge in [-0.25, -0.2) is 0 Å². The quantitative estimate of drug-likeness (QED) is 0.623. The molecule has 1 heterocycles. The highest BCUT2D eigenvalue weighted by molar-refractivity contribution is 8.00. The van der Waals surface area contributed by atoms with Crippen molar-refractivity contribution in [2.45, 2.75) is 29.9 Å². The number of amides is 1. The van der Waals surface area contributed by atoms with E-state index in [0.717, 1.165) is 4.90 Å². The summed E-state index contributed by atoms with van der Waals surface area (Å²) in [5, 5.41) is 0.532. The number of hydrogen-bond acceptors (Lipinski definition) is 4. The minimum atomic E-state index is -0.171. The molecule has 1 fully saturated rings. The van der Waals surface area contributed by atoms with Crippen molar-refractivity contribution in [1.29, 1.82) is 0 Å². The first-order chi connectivity index (χ1) is 10.5. The van der Waals surface area contributed by atoms with Crippen molar-refractivity contribution in [1.82, 2.24) is 4.90 Å². The molecule has 120 valence electrons. The summed E-state index contributed by atoms with van der Waals surface area (Å²) in [7, 11) is 1.41. The summed E-state index contributed by atoms with van der Waals surface area (Å²) >= 11 is 7.39. The summed E-state index contributed by atoms with van der Waals surface area (Å²) < 4.78 is 4.76. The molecule has 0 bridgehead atoms. The summed E-state index contributed by atoms with van der Waals surface area (Å²) in [6, 6.07) is 7.48. The van der Waals surface area contributed by atoms with E-state index in [0.29, 0.717) is 31.0 Å². The number of carbonyl (C=O) groups excluding carboxylic acids is 2. The van der Waals surface area contributed by atoms with Gasteiger partial charge in [-0.2, -0.15) is 0 Å². The number of halogens is 1. The maximum atomic E-state index is 12.5. The van der Waals surface area contributed by atoms with E-state index in [1.807, 2.05) is 36.1 Å². The third kappa shape index (κ3) is 4.40. The lowest BCUT2D eigenvalue weighted by atomic mass is 9.97. The van der Waals surface area contributed by atoms with E-state index in [4.69, 9.17) is 16.3 Å². The van der Waals surface area contributed by atoms with E-state index in [1.165, 1.54) is 18.9 Å². The molecule has 1 saturated heterocycles. The SMILES string of the molecule is COC(=O)C1CCN(C(=O)[C@@H](C)Sc2ccc(Cl)cc2)CC1. The van der Waals surface area contributed by atoms with Gasteiger partial charge in [-0.1, -0.05) is 11.6 Å². The van der Waals surface area contributed by atoms with E-state index >= 15 is 0 Å². The largest absolute Gasteiger partial charge is 0.469 e. The van der Waals surface area contributed by atoms with Crippen LogP contribution in [-0.2, 0) is 14.3 Å². The molecule has 1 aromatic rings. The molecule has 1 atom stereocenters. The lowest BCUT2D eigenvalue weighted by molar-refractivity contribution is -0.148. The van der Waals surface area contributed by atoms with Crippen LogP contribution in [0.5, 0.6) is 0 Å². The van der Waals surface area contributed by atoms with Gasteiger partial charge in [-0.3, -0.25) is 9.59 Å². The number of methoxy groups -OCH3 is 1. The zero-order chi connectivity index (χ0) is 16.1. The van der Waals surface area contributed by atoms with Crippen LogP contribution in [0.1, 0.15) is 19.8 Å². The first-order valence-corrected chi connectivity index (χ1v) is 8.56. The van der Waals surface area contributed by atoms with Crippen LogP contribution in [-0.4, -0.2) is 42.2 Å². The summed E-state index contributed by atoms with van der Waals surface area (Å²) in [6.07, 6.45) is 1.35. The van der Waals surface area contributed by atoms with Crippen LogP contribution < -0.4 is 0 Å². The van der Waals surface area contributed by atoms with Crippen molar-refractivity contribution in [3.8, 4) is 0 Å². The number of hydrogen-bond donors (Lipinski definition) is 0. The number of esters is 1. The maximum absolute atomic E-state index is 12.5. The molecule has 0 unspecified atom stereocenters. The second kappa shape index (κ2) is 7.88. The number of thioether (sulfide) groups is 1. The van der Waals surface area contributed by atoms with Gasteiger partial charge in [0, 0.05) is 23.0 Å². The second-order valence-corrected chi connectivity index (χ2v) is 7.19. The standard InChI is InChI=1S/C16H20ClNO3S/c1-11(22-14-5-3-13(17)4-6-14)15(19)18-9-7-12(8-10-18)16(20)21-2/h3-6,11-12H,7-10H2,1-2H3/t11-/m1/s1. The Kier molecular flexibility index (Phi) is 6.15. The Bertz CT molecular complexity index is 527. The minimum Gasteiger partial charge on any atom is -0.469 e. The molecule has 1 aromatic carbocycles. The molecule has 1 aliphatic heterocycles. The molecule has 0 saturated carbocycles. The summed E-state index contributed by atoms with van der Waals surface area (Å²) in [6.45, 7) is 3.14. The van der Waals surface area contributed by atoms with Crippen LogP contribution in [0.15, 0.2) is 29.2 Å². The molecule has 1 amide bonds. The molecule has 2 rings (SSSR count). The highest BCUT2D eigenvalue weighted by Crippen LogP contribution is 2.27. The summed E-state index contributed by atoms with van der Waals surface area (Å²) in [5.41, 5.74) is 0. The minimum absolute atomic E-state index is 0.0757. The third-order valence-corrected chi connectivity index (χ3v) is 5.17. The van der Waals surface area contributed by atoms with Crippen molar-refractivity contribution in [3.63, 3.8) is 0 Å². The fourth-order valence-corrected chi connectivity index (χ4v) is 3.60. The Labute approximate surface area is 140 Å². The van der Waals surface area contributed by atoms with Crippen LogP contribution in [0, 0.1) is 5.92 Å².